The summed E-state index contributed by atoms with van der Waals surface area (Å²) in [6.07, 6.45) is 21.8. The Kier molecular flexibility index (Phi) is 13.4. The van der Waals surface area contributed by atoms with Crippen LogP contribution in [0.3, 0.4) is 0 Å². The number of carbonyl (C=O) groups is 2. The smallest absolute Gasteiger partial charge is 0.185 e. The molecule has 4 rings (SSSR count). The minimum Gasteiger partial charge on any atom is -0.290 e. The number of unbranched alkanes of at least 4 members (excludes halogenated alkanes) is 7. The highest BCUT2D eigenvalue weighted by Gasteiger charge is 2.26. The molecule has 0 heterocycles. The second kappa shape index (κ2) is 17.0. The number of Topliss-reactive ketones (excluding diaryl/α,β-unsaturated/α-hetero) is 1. The monoisotopic (exact) mass is 541 g/mol. The van der Waals surface area contributed by atoms with Crippen molar-refractivity contribution < 1.29 is 9.59 Å². The highest BCUT2D eigenvalue weighted by Crippen LogP contribution is 2.44. The van der Waals surface area contributed by atoms with Gasteiger partial charge in [-0.05, 0) is 82.0 Å². The third-order valence-corrected chi connectivity index (χ3v) is 10.3. The molecule has 0 amide bonds. The Labute approximate surface area is 237 Å². The van der Waals surface area contributed by atoms with E-state index in [9.17, 15) is 9.59 Å². The van der Waals surface area contributed by atoms with Gasteiger partial charge in [-0.15, -0.1) is 0 Å². The van der Waals surface area contributed by atoms with Crippen LogP contribution in [0.15, 0.2) is 107 Å². The summed E-state index contributed by atoms with van der Waals surface area (Å²) in [5.74, 6) is 0.0849. The van der Waals surface area contributed by atoms with Gasteiger partial charge in [0.05, 0.1) is 13.2 Å². The van der Waals surface area contributed by atoms with Crippen molar-refractivity contribution in [1.82, 2.24) is 0 Å². The summed E-state index contributed by atoms with van der Waals surface area (Å²) in [5.41, 5.74) is 1.95. The van der Waals surface area contributed by atoms with E-state index in [-0.39, 0.29) is 11.6 Å². The molecule has 0 aliphatic heterocycles. The van der Waals surface area contributed by atoms with Gasteiger partial charge in [0.15, 0.2) is 11.6 Å². The van der Waals surface area contributed by atoms with Crippen LogP contribution in [0.4, 0.5) is 0 Å². The molecule has 0 fully saturated rings. The number of hydrogen-bond acceptors (Lipinski definition) is 2. The first kappa shape index (κ1) is 30.7. The third-order valence-electron chi connectivity index (χ3n) is 7.58. The van der Waals surface area contributed by atoms with E-state index in [1.807, 2.05) is 0 Å². The largest absolute Gasteiger partial charge is 0.290 e. The van der Waals surface area contributed by atoms with Crippen LogP contribution >= 0.6 is 7.92 Å². The van der Waals surface area contributed by atoms with E-state index in [2.05, 4.69) is 85.8 Å². The Morgan fingerprint density at radius 3 is 1.79 bits per heavy atom. The van der Waals surface area contributed by atoms with Crippen molar-refractivity contribution in [3.8, 4) is 0 Å². The fourth-order valence-electron chi connectivity index (χ4n) is 5.07. The third kappa shape index (κ3) is 9.70. The number of ketones is 2. The number of benzene rings is 2. The van der Waals surface area contributed by atoms with Crippen LogP contribution in [0.5, 0.6) is 0 Å². The first-order valence-electron chi connectivity index (χ1n) is 14.8. The van der Waals surface area contributed by atoms with Crippen molar-refractivity contribution in [2.45, 2.75) is 91.4 Å². The first-order valence-corrected chi connectivity index (χ1v) is 16.3. The summed E-state index contributed by atoms with van der Waals surface area (Å²) in [6.45, 7) is 5.73. The van der Waals surface area contributed by atoms with Crippen LogP contribution < -0.4 is 10.6 Å². The van der Waals surface area contributed by atoms with Gasteiger partial charge >= 0.3 is 0 Å². The Bertz CT molecular complexity index is 1150. The second-order valence-corrected chi connectivity index (χ2v) is 13.1. The van der Waals surface area contributed by atoms with Crippen molar-refractivity contribution in [1.29, 1.82) is 0 Å². The van der Waals surface area contributed by atoms with Gasteiger partial charge in [-0.25, -0.2) is 0 Å². The molecule has 0 atom stereocenters. The highest BCUT2D eigenvalue weighted by atomic mass is 31.1. The minimum absolute atomic E-state index is 0.0108. The maximum absolute atomic E-state index is 12.0. The van der Waals surface area contributed by atoms with Crippen molar-refractivity contribution in [3.63, 3.8) is 0 Å². The van der Waals surface area contributed by atoms with E-state index < -0.39 is 7.92 Å². The maximum atomic E-state index is 12.0. The van der Waals surface area contributed by atoms with E-state index in [0.717, 1.165) is 19.3 Å². The molecular formula is C36H46O2P+. The Hall–Kier alpha value is -2.83. The quantitative estimate of drug-likeness (QED) is 0.153. The van der Waals surface area contributed by atoms with Crippen LogP contribution in [0, 0.1) is 0 Å². The second-order valence-electron chi connectivity index (χ2n) is 10.6. The molecule has 0 aromatic heterocycles. The zero-order valence-corrected chi connectivity index (χ0v) is 25.2. The lowest BCUT2D eigenvalue weighted by atomic mass is 9.88. The molecule has 2 aromatic carbocycles. The molecule has 3 heteroatoms. The first-order chi connectivity index (χ1) is 19.0. The predicted octanol–water partition coefficient (Wildman–Crippen LogP) is 9.02. The molecule has 0 unspecified atom stereocenters. The Morgan fingerprint density at radius 2 is 1.26 bits per heavy atom. The molecule has 0 saturated carbocycles. The molecule has 0 radical (unpaired) electrons. The molecule has 2 nitrogen and oxygen atoms in total. The predicted molar refractivity (Wildman–Crippen MR) is 171 cm³/mol. The van der Waals surface area contributed by atoms with Gasteiger partial charge in [0, 0.05) is 16.7 Å². The van der Waals surface area contributed by atoms with E-state index >= 15 is 0 Å². The number of allylic oxidation sites excluding steroid dienone is 8. The minimum atomic E-state index is -0.826. The fraction of sp³-hybridized carbons (Fsp3) is 0.389. The molecule has 0 N–H and O–H groups in total. The molecule has 39 heavy (non-hydrogen) atoms. The molecular weight excluding hydrogens is 495 g/mol. The molecule has 2 aromatic rings. The van der Waals surface area contributed by atoms with Crippen molar-refractivity contribution in [3.05, 3.63) is 107 Å². The zero-order chi connectivity index (χ0) is 27.9. The van der Waals surface area contributed by atoms with E-state index in [1.165, 1.54) is 67.3 Å². The van der Waals surface area contributed by atoms with Gasteiger partial charge in [0.1, 0.15) is 10.6 Å². The van der Waals surface area contributed by atoms with Gasteiger partial charge in [-0.2, -0.15) is 0 Å². The summed E-state index contributed by atoms with van der Waals surface area (Å²) in [4.78, 5) is 23.8. The van der Waals surface area contributed by atoms with Gasteiger partial charge in [-0.3, -0.25) is 9.59 Å². The van der Waals surface area contributed by atoms with Crippen LogP contribution in [0.1, 0.15) is 91.4 Å². The van der Waals surface area contributed by atoms with Gasteiger partial charge in [0.2, 0.25) is 0 Å². The van der Waals surface area contributed by atoms with E-state index in [0.29, 0.717) is 16.7 Å². The number of carbonyl (C=O) groups excluding carboxylic acids is 2. The lowest BCUT2D eigenvalue weighted by Gasteiger charge is -2.14. The van der Waals surface area contributed by atoms with Crippen molar-refractivity contribution in [2.75, 3.05) is 0 Å². The van der Waals surface area contributed by atoms with Crippen LogP contribution in [0.2, 0.25) is 0 Å². The lowest BCUT2D eigenvalue weighted by molar-refractivity contribution is -0.116. The topological polar surface area (TPSA) is 34.1 Å². The molecule has 2 aliphatic rings. The van der Waals surface area contributed by atoms with Gasteiger partial charge in [-0.1, -0.05) is 94.3 Å². The summed E-state index contributed by atoms with van der Waals surface area (Å²) in [6, 6.07) is 21.9. The van der Waals surface area contributed by atoms with Crippen molar-refractivity contribution >= 4 is 30.1 Å². The fourth-order valence-corrected chi connectivity index (χ4v) is 7.76. The van der Waals surface area contributed by atoms with Gasteiger partial charge in [0.25, 0.3) is 0 Å². The van der Waals surface area contributed by atoms with E-state index in [1.54, 1.807) is 19.9 Å². The van der Waals surface area contributed by atoms with E-state index in [4.69, 9.17) is 0 Å². The highest BCUT2D eigenvalue weighted by molar-refractivity contribution is 7.77. The van der Waals surface area contributed by atoms with Crippen molar-refractivity contribution in [2.24, 2.45) is 0 Å². The van der Waals surface area contributed by atoms with Crippen LogP contribution in [0.25, 0.3) is 0 Å². The Balaban J connectivity index is 0.000000216. The van der Waals surface area contributed by atoms with Crippen LogP contribution in [-0.4, -0.2) is 11.6 Å². The van der Waals surface area contributed by atoms with Gasteiger partial charge < -0.3 is 0 Å². The normalized spacial score (nSPS) is 15.2. The number of rotatable bonds is 12. The molecule has 0 saturated heterocycles. The maximum Gasteiger partial charge on any atom is 0.185 e. The zero-order valence-electron chi connectivity index (χ0n) is 24.2. The average Bonchev–Trinajstić information content (AvgIpc) is 2.98. The van der Waals surface area contributed by atoms with Crippen LogP contribution in [-0.2, 0) is 9.59 Å². The lowest BCUT2D eigenvalue weighted by Crippen LogP contribution is -2.16. The summed E-state index contributed by atoms with van der Waals surface area (Å²) in [7, 11) is -0.826. The summed E-state index contributed by atoms with van der Waals surface area (Å²) in [5, 5.41) is 4.46. The summed E-state index contributed by atoms with van der Waals surface area (Å²) >= 11 is 0. The Morgan fingerprint density at radius 1 is 0.692 bits per heavy atom. The SMILES string of the molecule is C1=CC([PH+](c2ccccc2)c2ccccc2)=CCC1.CCCCCCCCCCC1=CC(=O)C(C)=C(C)C1=O. The molecule has 2 aliphatic carbocycles. The molecule has 206 valence electrons. The molecule has 0 bridgehead atoms. The summed E-state index contributed by atoms with van der Waals surface area (Å²) < 4.78 is 0. The standard InChI is InChI=1S/C18H28O2.C18H17P/c1-4-5-6-7-8-9-10-11-12-16-13-17(19)14(2)15(3)18(16)20;1-4-10-16(11-5-1)19(17-12-6-2-7-13-17)18-14-8-3-9-15-18/h13H,4-12H2,1-3H3;1-2,4-8,10-15H,3,9H2/p+1. The number of hydrogen-bond donors (Lipinski definition) is 0. The molecule has 0 spiro atoms. The average molecular weight is 542 g/mol.